The maximum atomic E-state index is 11.8. The minimum atomic E-state index is -0.382. The first-order chi connectivity index (χ1) is 11.0. The van der Waals surface area contributed by atoms with Crippen molar-refractivity contribution >= 4 is 27.5 Å². The van der Waals surface area contributed by atoms with Crippen LogP contribution in [0.15, 0.2) is 52.0 Å². The number of halogens is 1. The first-order valence-corrected chi connectivity index (χ1v) is 7.77. The molecule has 2 aromatic rings. The number of para-hydroxylation sites is 1. The summed E-state index contributed by atoms with van der Waals surface area (Å²) in [5, 5.41) is 13.7. The van der Waals surface area contributed by atoms with Crippen molar-refractivity contribution < 1.29 is 14.6 Å². The molecule has 0 unspecified atom stereocenters. The van der Waals surface area contributed by atoms with Crippen molar-refractivity contribution in [1.82, 2.24) is 5.43 Å². The van der Waals surface area contributed by atoms with Crippen LogP contribution in [0.25, 0.3) is 0 Å². The zero-order valence-corrected chi connectivity index (χ0v) is 14.4. The minimum Gasteiger partial charge on any atom is -0.507 e. The van der Waals surface area contributed by atoms with Crippen molar-refractivity contribution in [3.63, 3.8) is 0 Å². The highest BCUT2D eigenvalue weighted by atomic mass is 79.9. The lowest BCUT2D eigenvalue weighted by atomic mass is 10.1. The molecule has 0 radical (unpaired) electrons. The van der Waals surface area contributed by atoms with E-state index >= 15 is 0 Å². The highest BCUT2D eigenvalue weighted by Gasteiger charge is 2.07. The average Bonchev–Trinajstić information content (AvgIpc) is 2.52. The van der Waals surface area contributed by atoms with Crippen LogP contribution in [-0.4, -0.2) is 23.3 Å². The lowest BCUT2D eigenvalue weighted by molar-refractivity contribution is -0.123. The van der Waals surface area contributed by atoms with Crippen LogP contribution in [0.2, 0.25) is 0 Å². The smallest absolute Gasteiger partial charge is 0.277 e. The fourth-order valence-corrected chi connectivity index (χ4v) is 2.49. The van der Waals surface area contributed by atoms with Crippen LogP contribution < -0.4 is 10.2 Å². The summed E-state index contributed by atoms with van der Waals surface area (Å²) < 4.78 is 6.23. The van der Waals surface area contributed by atoms with Gasteiger partial charge in [0.1, 0.15) is 11.5 Å². The highest BCUT2D eigenvalue weighted by Crippen LogP contribution is 2.25. The van der Waals surface area contributed by atoms with Crippen molar-refractivity contribution in [3.8, 4) is 11.5 Å². The molecule has 0 aliphatic heterocycles. The third kappa shape index (κ3) is 4.82. The number of phenols is 1. The third-order valence-corrected chi connectivity index (χ3v) is 3.71. The van der Waals surface area contributed by atoms with Gasteiger partial charge in [-0.25, -0.2) is 5.43 Å². The number of hydrogen-bond acceptors (Lipinski definition) is 4. The van der Waals surface area contributed by atoms with E-state index in [1.165, 1.54) is 0 Å². The summed E-state index contributed by atoms with van der Waals surface area (Å²) in [4.78, 5) is 11.8. The number of carbonyl (C=O) groups is 1. The molecule has 0 aliphatic carbocycles. The molecule has 2 aromatic carbocycles. The van der Waals surface area contributed by atoms with E-state index in [0.717, 1.165) is 10.0 Å². The molecule has 6 heteroatoms. The predicted molar refractivity (Wildman–Crippen MR) is 92.8 cm³/mol. The van der Waals surface area contributed by atoms with Crippen LogP contribution in [-0.2, 0) is 4.79 Å². The van der Waals surface area contributed by atoms with Crippen LogP contribution >= 0.6 is 15.9 Å². The van der Waals surface area contributed by atoms with Gasteiger partial charge in [-0.1, -0.05) is 18.2 Å². The maximum absolute atomic E-state index is 11.8. The number of phenolic OH excluding ortho intramolecular Hbond substituents is 1. The van der Waals surface area contributed by atoms with Crippen LogP contribution in [0.3, 0.4) is 0 Å². The van der Waals surface area contributed by atoms with E-state index in [0.29, 0.717) is 17.0 Å². The predicted octanol–water partition coefficient (Wildman–Crippen LogP) is 3.38. The molecule has 2 N–H and O–H groups in total. The summed E-state index contributed by atoms with van der Waals surface area (Å²) in [5.74, 6) is 0.322. The van der Waals surface area contributed by atoms with Gasteiger partial charge in [0, 0.05) is 5.56 Å². The zero-order valence-electron chi connectivity index (χ0n) is 12.8. The molecule has 0 saturated heterocycles. The molecular weight excluding hydrogens is 360 g/mol. The summed E-state index contributed by atoms with van der Waals surface area (Å²) >= 11 is 3.39. The lowest BCUT2D eigenvalue weighted by Crippen LogP contribution is -2.25. The lowest BCUT2D eigenvalue weighted by Gasteiger charge is -2.08. The van der Waals surface area contributed by atoms with Crippen LogP contribution in [0.1, 0.15) is 18.1 Å². The highest BCUT2D eigenvalue weighted by molar-refractivity contribution is 9.10. The molecule has 1 amide bonds. The molecule has 120 valence electrons. The number of nitrogens with one attached hydrogen (secondary N) is 1. The molecule has 0 atom stereocenters. The normalized spacial score (nSPS) is 11.2. The van der Waals surface area contributed by atoms with Crippen molar-refractivity contribution in [2.45, 2.75) is 13.8 Å². The topological polar surface area (TPSA) is 70.9 Å². The van der Waals surface area contributed by atoms with Gasteiger partial charge in [-0.05, 0) is 59.6 Å². The van der Waals surface area contributed by atoms with Crippen LogP contribution in [0.4, 0.5) is 0 Å². The molecule has 0 heterocycles. The van der Waals surface area contributed by atoms with E-state index in [4.69, 9.17) is 4.74 Å². The van der Waals surface area contributed by atoms with Gasteiger partial charge in [0.15, 0.2) is 6.61 Å². The molecular formula is C17H17BrN2O3. The zero-order chi connectivity index (χ0) is 16.8. The standard InChI is InChI=1S/C17H17BrN2O3/c1-11-7-8-16(14(18)9-11)23-10-17(22)20-19-12(2)13-5-3-4-6-15(13)21/h3-9,21H,10H2,1-2H3,(H,20,22). The Bertz CT molecular complexity index is 744. The Kier molecular flexibility index (Phi) is 5.76. The number of aromatic hydroxyl groups is 1. The molecule has 2 rings (SSSR count). The summed E-state index contributed by atoms with van der Waals surface area (Å²) in [7, 11) is 0. The summed E-state index contributed by atoms with van der Waals surface area (Å²) in [5.41, 5.74) is 4.57. The molecule has 23 heavy (non-hydrogen) atoms. The Morgan fingerprint density at radius 3 is 2.74 bits per heavy atom. The van der Waals surface area contributed by atoms with Gasteiger partial charge >= 0.3 is 0 Å². The summed E-state index contributed by atoms with van der Waals surface area (Å²) in [6, 6.07) is 12.4. The largest absolute Gasteiger partial charge is 0.507 e. The van der Waals surface area contributed by atoms with Gasteiger partial charge < -0.3 is 9.84 Å². The molecule has 5 nitrogen and oxygen atoms in total. The van der Waals surface area contributed by atoms with Gasteiger partial charge in [-0.2, -0.15) is 5.10 Å². The Labute approximate surface area is 143 Å². The van der Waals surface area contributed by atoms with Gasteiger partial charge in [0.2, 0.25) is 0 Å². The third-order valence-electron chi connectivity index (χ3n) is 3.09. The van der Waals surface area contributed by atoms with E-state index < -0.39 is 0 Å². The molecule has 0 aliphatic rings. The second-order valence-electron chi connectivity index (χ2n) is 4.97. The van der Waals surface area contributed by atoms with E-state index in [1.54, 1.807) is 37.3 Å². The van der Waals surface area contributed by atoms with Gasteiger partial charge in [0.25, 0.3) is 5.91 Å². The number of aryl methyl sites for hydroxylation is 1. The van der Waals surface area contributed by atoms with Gasteiger partial charge in [0.05, 0.1) is 10.2 Å². The number of hydrazone groups is 1. The fourth-order valence-electron chi connectivity index (χ4n) is 1.88. The molecule has 0 spiro atoms. The number of benzene rings is 2. The maximum Gasteiger partial charge on any atom is 0.277 e. The van der Waals surface area contributed by atoms with Crippen molar-refractivity contribution in [2.24, 2.45) is 5.10 Å². The fraction of sp³-hybridized carbons (Fsp3) is 0.176. The van der Waals surface area contributed by atoms with E-state index in [2.05, 4.69) is 26.5 Å². The van der Waals surface area contributed by atoms with Crippen LogP contribution in [0.5, 0.6) is 11.5 Å². The molecule has 0 aromatic heterocycles. The summed E-state index contributed by atoms with van der Waals surface area (Å²) in [6.45, 7) is 3.52. The Morgan fingerprint density at radius 2 is 2.04 bits per heavy atom. The van der Waals surface area contributed by atoms with Crippen LogP contribution in [0, 0.1) is 6.92 Å². The number of amides is 1. The number of nitrogens with zero attached hydrogens (tertiary/aromatic N) is 1. The number of hydrogen-bond donors (Lipinski definition) is 2. The van der Waals surface area contributed by atoms with Gasteiger partial charge in [-0.3, -0.25) is 4.79 Å². The SMILES string of the molecule is CC(=NNC(=O)COc1ccc(C)cc1Br)c1ccccc1O. The second kappa shape index (κ2) is 7.78. The van der Waals surface area contributed by atoms with Crippen molar-refractivity contribution in [3.05, 3.63) is 58.1 Å². The minimum absolute atomic E-state index is 0.114. The average molecular weight is 377 g/mol. The molecule has 0 bridgehead atoms. The van der Waals surface area contributed by atoms with Crippen molar-refractivity contribution in [2.75, 3.05) is 6.61 Å². The number of carbonyl (C=O) groups excluding carboxylic acids is 1. The van der Waals surface area contributed by atoms with E-state index in [1.807, 2.05) is 19.1 Å². The van der Waals surface area contributed by atoms with E-state index in [9.17, 15) is 9.90 Å². The number of ether oxygens (including phenoxy) is 1. The Hall–Kier alpha value is -2.34. The Morgan fingerprint density at radius 1 is 1.30 bits per heavy atom. The molecule has 0 saturated carbocycles. The second-order valence-corrected chi connectivity index (χ2v) is 5.83. The summed E-state index contributed by atoms with van der Waals surface area (Å²) in [6.07, 6.45) is 0. The quantitative estimate of drug-likeness (QED) is 0.620. The first kappa shape index (κ1) is 17.0. The van der Waals surface area contributed by atoms with Crippen molar-refractivity contribution in [1.29, 1.82) is 0 Å². The first-order valence-electron chi connectivity index (χ1n) is 6.98. The molecule has 0 fully saturated rings. The number of rotatable bonds is 5. The monoisotopic (exact) mass is 376 g/mol. The van der Waals surface area contributed by atoms with Gasteiger partial charge in [-0.15, -0.1) is 0 Å². The Balaban J connectivity index is 1.92. The van der Waals surface area contributed by atoms with E-state index in [-0.39, 0.29) is 18.3 Å².